The number of aromatic nitrogens is 4. The average Bonchev–Trinajstić information content (AvgIpc) is 3.66. The third kappa shape index (κ3) is 4.84. The predicted octanol–water partition coefficient (Wildman–Crippen LogP) is 6.18. The van der Waals surface area contributed by atoms with E-state index in [1.54, 1.807) is 14.2 Å². The molecule has 5 aromatic rings. The number of ether oxygens (including phenoxy) is 2. The molecule has 0 saturated carbocycles. The Morgan fingerprint density at radius 1 is 0.927 bits per heavy atom. The van der Waals surface area contributed by atoms with Crippen molar-refractivity contribution < 1.29 is 9.47 Å². The maximum absolute atomic E-state index is 5.96. The molecule has 7 rings (SSSR count). The highest BCUT2D eigenvalue weighted by Gasteiger charge is 2.23. The smallest absolute Gasteiger partial charge is 0.147 e. The fourth-order valence-corrected chi connectivity index (χ4v) is 6.39. The van der Waals surface area contributed by atoms with Gasteiger partial charge in [-0.25, -0.2) is 4.98 Å². The average molecular weight is 546 g/mol. The summed E-state index contributed by atoms with van der Waals surface area (Å²) in [6.45, 7) is 2.70. The van der Waals surface area contributed by atoms with Crippen molar-refractivity contribution in [2.45, 2.75) is 44.6 Å². The lowest BCUT2D eigenvalue weighted by atomic mass is 9.94. The minimum atomic E-state index is 0.504. The molecule has 3 aromatic heterocycles. The second-order valence-corrected chi connectivity index (χ2v) is 11.1. The van der Waals surface area contributed by atoms with Gasteiger partial charge >= 0.3 is 0 Å². The molecule has 0 amide bonds. The summed E-state index contributed by atoms with van der Waals surface area (Å²) in [6.07, 6.45) is 7.59. The Labute approximate surface area is 240 Å². The van der Waals surface area contributed by atoms with Crippen LogP contribution in [-0.2, 0) is 19.4 Å². The van der Waals surface area contributed by atoms with Crippen molar-refractivity contribution in [2.24, 2.45) is 0 Å². The minimum absolute atomic E-state index is 0.504. The van der Waals surface area contributed by atoms with Gasteiger partial charge < -0.3 is 14.8 Å². The van der Waals surface area contributed by atoms with Gasteiger partial charge in [-0.05, 0) is 86.1 Å². The second-order valence-electron chi connectivity index (χ2n) is 11.1. The number of methoxy groups -OCH3 is 2. The summed E-state index contributed by atoms with van der Waals surface area (Å²) in [5, 5.41) is 8.59. The molecule has 4 heterocycles. The molecular formula is C34H35N5O2. The SMILES string of the molecule is COc1ccc(Cn2nc(-c3ccc(C4CCNCC4)nc3)c3nc(-c4cccc5c4CCC5)c(OC)cc32)cc1. The van der Waals surface area contributed by atoms with Gasteiger partial charge in [0.15, 0.2) is 0 Å². The Balaban J connectivity index is 1.36. The molecule has 7 heteroatoms. The van der Waals surface area contributed by atoms with E-state index < -0.39 is 0 Å². The number of nitrogens with zero attached hydrogens (tertiary/aromatic N) is 4. The predicted molar refractivity (Wildman–Crippen MR) is 162 cm³/mol. The van der Waals surface area contributed by atoms with Gasteiger partial charge in [0.1, 0.15) is 28.4 Å². The molecule has 1 aliphatic carbocycles. The first kappa shape index (κ1) is 25.7. The maximum atomic E-state index is 5.96. The highest BCUT2D eigenvalue weighted by molar-refractivity contribution is 5.93. The fraction of sp³-hybridized carbons (Fsp3) is 0.324. The van der Waals surface area contributed by atoms with E-state index in [4.69, 9.17) is 24.5 Å². The standard InChI is InChI=1S/C34H35N5O2/c1-40-26-12-9-22(10-13-26)21-39-30-19-31(41-2)33(28-8-4-6-23-5-3-7-27(23)28)37-34(30)32(38-39)25-11-14-29(36-20-25)24-15-17-35-18-16-24/h4,6,8-14,19-20,24,35H,3,5,7,15-18,21H2,1-2H3. The fourth-order valence-electron chi connectivity index (χ4n) is 6.39. The largest absolute Gasteiger partial charge is 0.497 e. The van der Waals surface area contributed by atoms with Crippen LogP contribution in [0.15, 0.2) is 66.9 Å². The molecule has 0 atom stereocenters. The first-order chi connectivity index (χ1) is 20.2. The number of pyridine rings is 2. The van der Waals surface area contributed by atoms with Crippen molar-refractivity contribution in [1.82, 2.24) is 25.1 Å². The Morgan fingerprint density at radius 3 is 2.54 bits per heavy atom. The molecule has 2 aliphatic rings. The molecule has 1 saturated heterocycles. The molecule has 2 aromatic carbocycles. The van der Waals surface area contributed by atoms with Gasteiger partial charge in [-0.2, -0.15) is 5.10 Å². The monoisotopic (exact) mass is 545 g/mol. The zero-order valence-corrected chi connectivity index (χ0v) is 23.7. The van der Waals surface area contributed by atoms with Crippen LogP contribution in [-0.4, -0.2) is 47.1 Å². The zero-order valence-electron chi connectivity index (χ0n) is 23.7. The molecule has 208 valence electrons. The van der Waals surface area contributed by atoms with E-state index in [9.17, 15) is 0 Å². The van der Waals surface area contributed by atoms with Crippen LogP contribution < -0.4 is 14.8 Å². The Hall–Kier alpha value is -4.23. The second kappa shape index (κ2) is 11.0. The minimum Gasteiger partial charge on any atom is -0.497 e. The van der Waals surface area contributed by atoms with Gasteiger partial charge in [-0.1, -0.05) is 30.3 Å². The number of nitrogens with one attached hydrogen (secondary N) is 1. The number of hydrogen-bond donors (Lipinski definition) is 1. The van der Waals surface area contributed by atoms with E-state index >= 15 is 0 Å². The highest BCUT2D eigenvalue weighted by atomic mass is 16.5. The van der Waals surface area contributed by atoms with Crippen molar-refractivity contribution in [3.63, 3.8) is 0 Å². The van der Waals surface area contributed by atoms with Crippen LogP contribution in [0.2, 0.25) is 0 Å². The molecule has 41 heavy (non-hydrogen) atoms. The first-order valence-electron chi connectivity index (χ1n) is 14.6. The van der Waals surface area contributed by atoms with Gasteiger partial charge in [-0.15, -0.1) is 0 Å². The molecule has 0 bridgehead atoms. The molecule has 0 radical (unpaired) electrons. The van der Waals surface area contributed by atoms with Crippen molar-refractivity contribution in [3.8, 4) is 34.0 Å². The lowest BCUT2D eigenvalue weighted by Crippen LogP contribution is -2.26. The number of rotatable bonds is 7. The Bertz CT molecular complexity index is 1690. The number of fused-ring (bicyclic) bond motifs is 2. The molecule has 1 aliphatic heterocycles. The van der Waals surface area contributed by atoms with E-state index in [1.165, 1.54) is 17.5 Å². The lowest BCUT2D eigenvalue weighted by Gasteiger charge is -2.22. The van der Waals surface area contributed by atoms with Crippen LogP contribution in [0.3, 0.4) is 0 Å². The van der Waals surface area contributed by atoms with E-state index in [0.717, 1.165) is 95.1 Å². The number of benzene rings is 2. The lowest BCUT2D eigenvalue weighted by molar-refractivity contribution is 0.414. The summed E-state index contributed by atoms with van der Waals surface area (Å²) in [7, 11) is 3.41. The van der Waals surface area contributed by atoms with E-state index in [-0.39, 0.29) is 0 Å². The number of piperidine rings is 1. The van der Waals surface area contributed by atoms with Crippen molar-refractivity contribution >= 4 is 11.0 Å². The van der Waals surface area contributed by atoms with Gasteiger partial charge in [0.2, 0.25) is 0 Å². The molecular weight excluding hydrogens is 510 g/mol. The van der Waals surface area contributed by atoms with Crippen molar-refractivity contribution in [2.75, 3.05) is 27.3 Å². The van der Waals surface area contributed by atoms with Gasteiger partial charge in [0.05, 0.1) is 26.3 Å². The Morgan fingerprint density at radius 2 is 1.78 bits per heavy atom. The summed E-state index contributed by atoms with van der Waals surface area (Å²) in [6, 6.07) is 21.1. The van der Waals surface area contributed by atoms with Crippen LogP contribution >= 0.6 is 0 Å². The van der Waals surface area contributed by atoms with Crippen LogP contribution in [0.5, 0.6) is 11.5 Å². The normalized spacial score (nSPS) is 15.3. The third-order valence-electron chi connectivity index (χ3n) is 8.62. The quantitative estimate of drug-likeness (QED) is 0.263. The molecule has 1 N–H and O–H groups in total. The van der Waals surface area contributed by atoms with Crippen LogP contribution in [0.1, 0.15) is 47.6 Å². The number of aryl methyl sites for hydroxylation is 1. The van der Waals surface area contributed by atoms with Crippen LogP contribution in [0.25, 0.3) is 33.5 Å². The topological polar surface area (TPSA) is 74.1 Å². The summed E-state index contributed by atoms with van der Waals surface area (Å²) < 4.78 is 13.4. The number of hydrogen-bond acceptors (Lipinski definition) is 6. The van der Waals surface area contributed by atoms with Gasteiger partial charge in [0.25, 0.3) is 0 Å². The van der Waals surface area contributed by atoms with E-state index in [0.29, 0.717) is 12.5 Å². The zero-order chi connectivity index (χ0) is 27.8. The van der Waals surface area contributed by atoms with Gasteiger partial charge in [-0.3, -0.25) is 9.67 Å². The van der Waals surface area contributed by atoms with E-state index in [2.05, 4.69) is 53.8 Å². The molecule has 0 unspecified atom stereocenters. The summed E-state index contributed by atoms with van der Waals surface area (Å²) in [4.78, 5) is 10.2. The Kier molecular flexibility index (Phi) is 6.88. The van der Waals surface area contributed by atoms with Crippen molar-refractivity contribution in [1.29, 1.82) is 0 Å². The highest BCUT2D eigenvalue weighted by Crippen LogP contribution is 2.39. The van der Waals surface area contributed by atoms with Crippen LogP contribution in [0.4, 0.5) is 0 Å². The third-order valence-corrected chi connectivity index (χ3v) is 8.62. The maximum Gasteiger partial charge on any atom is 0.147 e. The van der Waals surface area contributed by atoms with E-state index in [1.807, 2.05) is 23.0 Å². The van der Waals surface area contributed by atoms with Crippen molar-refractivity contribution in [3.05, 3.63) is 89.2 Å². The van der Waals surface area contributed by atoms with Gasteiger partial charge in [0, 0.05) is 35.0 Å². The molecule has 0 spiro atoms. The summed E-state index contributed by atoms with van der Waals surface area (Å²) >= 11 is 0. The summed E-state index contributed by atoms with van der Waals surface area (Å²) in [5.74, 6) is 2.10. The van der Waals surface area contributed by atoms with Crippen LogP contribution in [0, 0.1) is 0 Å². The summed E-state index contributed by atoms with van der Waals surface area (Å²) in [5.41, 5.74) is 10.7. The molecule has 1 fully saturated rings. The molecule has 7 nitrogen and oxygen atoms in total. The first-order valence-corrected chi connectivity index (χ1v) is 14.6.